The molecule has 0 unspecified atom stereocenters. The minimum Gasteiger partial charge on any atom is -0.485 e. The summed E-state index contributed by atoms with van der Waals surface area (Å²) >= 11 is 0. The molecule has 2 fully saturated rings. The predicted molar refractivity (Wildman–Crippen MR) is 95.9 cm³/mol. The van der Waals surface area contributed by atoms with E-state index < -0.39 is 0 Å². The van der Waals surface area contributed by atoms with Crippen molar-refractivity contribution >= 4 is 11.7 Å². The first kappa shape index (κ1) is 16.8. The first-order chi connectivity index (χ1) is 12.8. The van der Waals surface area contributed by atoms with Gasteiger partial charge in [0.2, 0.25) is 5.91 Å². The van der Waals surface area contributed by atoms with Crippen LogP contribution in [0.15, 0.2) is 31.0 Å². The van der Waals surface area contributed by atoms with Crippen LogP contribution in [0.3, 0.4) is 0 Å². The zero-order chi connectivity index (χ0) is 17.8. The van der Waals surface area contributed by atoms with Crippen LogP contribution in [0.25, 0.3) is 0 Å². The topological polar surface area (TPSA) is 76.4 Å². The molecule has 0 radical (unpaired) electrons. The molecule has 0 saturated carbocycles. The number of ether oxygens (including phenoxy) is 1. The summed E-state index contributed by atoms with van der Waals surface area (Å²) in [6, 6.07) is 3.89. The lowest BCUT2D eigenvalue weighted by Gasteiger charge is -2.22. The summed E-state index contributed by atoms with van der Waals surface area (Å²) in [6.07, 6.45) is 8.64. The molecule has 8 heteroatoms. The van der Waals surface area contributed by atoms with Gasteiger partial charge in [0, 0.05) is 38.7 Å². The molecule has 1 atom stereocenters. The molecule has 0 spiro atoms. The van der Waals surface area contributed by atoms with E-state index in [-0.39, 0.29) is 12.0 Å². The van der Waals surface area contributed by atoms with Crippen LogP contribution >= 0.6 is 0 Å². The molecule has 0 aromatic carbocycles. The Morgan fingerprint density at radius 2 is 2.15 bits per heavy atom. The van der Waals surface area contributed by atoms with Crippen molar-refractivity contribution in [2.75, 3.05) is 31.1 Å². The number of aromatic nitrogens is 4. The highest BCUT2D eigenvalue weighted by atomic mass is 16.5. The van der Waals surface area contributed by atoms with Gasteiger partial charge in [-0.1, -0.05) is 0 Å². The average Bonchev–Trinajstić information content (AvgIpc) is 3.42. The van der Waals surface area contributed by atoms with E-state index in [1.54, 1.807) is 11.0 Å². The Labute approximate surface area is 152 Å². The molecule has 0 aliphatic carbocycles. The van der Waals surface area contributed by atoms with Crippen molar-refractivity contribution in [3.63, 3.8) is 0 Å². The van der Waals surface area contributed by atoms with Crippen molar-refractivity contribution < 1.29 is 9.53 Å². The number of carbonyl (C=O) groups is 1. The summed E-state index contributed by atoms with van der Waals surface area (Å²) in [5, 5.41) is 4.03. The highest BCUT2D eigenvalue weighted by molar-refractivity contribution is 5.76. The fourth-order valence-corrected chi connectivity index (χ4v) is 3.59. The lowest BCUT2D eigenvalue weighted by molar-refractivity contribution is -0.130. The Morgan fingerprint density at radius 1 is 1.27 bits per heavy atom. The number of pyridine rings is 1. The highest BCUT2D eigenvalue weighted by Crippen LogP contribution is 2.30. The summed E-state index contributed by atoms with van der Waals surface area (Å²) in [4.78, 5) is 25.0. The van der Waals surface area contributed by atoms with Gasteiger partial charge in [-0.05, 0) is 25.0 Å². The van der Waals surface area contributed by atoms with E-state index in [1.165, 1.54) is 19.2 Å². The number of carbonyl (C=O) groups excluding carboxylic acids is 1. The van der Waals surface area contributed by atoms with Crippen molar-refractivity contribution in [1.29, 1.82) is 0 Å². The number of hydrogen-bond donors (Lipinski definition) is 0. The van der Waals surface area contributed by atoms with Crippen LogP contribution in [0.2, 0.25) is 0 Å². The van der Waals surface area contributed by atoms with Crippen molar-refractivity contribution in [2.24, 2.45) is 0 Å². The quantitative estimate of drug-likeness (QED) is 0.777. The predicted octanol–water partition coefficient (Wildman–Crippen LogP) is 1.34. The van der Waals surface area contributed by atoms with E-state index in [0.717, 1.165) is 37.6 Å². The first-order valence-electron chi connectivity index (χ1n) is 9.26. The average molecular weight is 356 g/mol. The molecule has 0 bridgehead atoms. The molecule has 138 valence electrons. The summed E-state index contributed by atoms with van der Waals surface area (Å²) in [7, 11) is 0. The van der Waals surface area contributed by atoms with Gasteiger partial charge in [0.15, 0.2) is 11.6 Å². The maximum absolute atomic E-state index is 12.4. The monoisotopic (exact) mass is 356 g/mol. The van der Waals surface area contributed by atoms with Crippen LogP contribution in [0.1, 0.15) is 25.7 Å². The van der Waals surface area contributed by atoms with E-state index in [4.69, 9.17) is 4.74 Å². The number of hydrogen-bond acceptors (Lipinski definition) is 6. The van der Waals surface area contributed by atoms with Crippen molar-refractivity contribution in [1.82, 2.24) is 24.6 Å². The minimum absolute atomic E-state index is 0.0240. The second-order valence-corrected chi connectivity index (χ2v) is 6.80. The number of amides is 1. The molecule has 1 amide bonds. The SMILES string of the molecule is O=C(CCn1cncn1)N1CC[C@@H](Oc2cccnc2N2CCCC2)C1. The lowest BCUT2D eigenvalue weighted by atomic mass is 10.3. The largest absolute Gasteiger partial charge is 0.485 e. The van der Waals surface area contributed by atoms with Gasteiger partial charge in [-0.2, -0.15) is 5.10 Å². The van der Waals surface area contributed by atoms with E-state index >= 15 is 0 Å². The Bertz CT molecular complexity index is 729. The Morgan fingerprint density at radius 3 is 2.96 bits per heavy atom. The smallest absolute Gasteiger partial charge is 0.224 e. The van der Waals surface area contributed by atoms with Crippen molar-refractivity contribution in [3.8, 4) is 5.75 Å². The minimum atomic E-state index is 0.0240. The van der Waals surface area contributed by atoms with Gasteiger partial charge in [-0.25, -0.2) is 9.97 Å². The molecule has 0 N–H and O–H groups in total. The standard InChI is InChI=1S/C18H24N6O2/c25-17(6-11-24-14-19-13-21-24)23-10-5-15(12-23)26-16-4-3-7-20-18(16)22-8-1-2-9-22/h3-4,7,13-15H,1-2,5-6,8-12H2/t15-/m1/s1. The van der Waals surface area contributed by atoms with E-state index in [1.807, 2.05) is 23.2 Å². The molecule has 8 nitrogen and oxygen atoms in total. The van der Waals surface area contributed by atoms with Gasteiger partial charge in [0.25, 0.3) is 0 Å². The Hall–Kier alpha value is -2.64. The molecule has 26 heavy (non-hydrogen) atoms. The van der Waals surface area contributed by atoms with E-state index in [2.05, 4.69) is 20.0 Å². The Balaban J connectivity index is 1.32. The lowest BCUT2D eigenvalue weighted by Crippen LogP contribution is -2.31. The van der Waals surface area contributed by atoms with Gasteiger partial charge >= 0.3 is 0 Å². The van der Waals surface area contributed by atoms with Crippen molar-refractivity contribution in [3.05, 3.63) is 31.0 Å². The van der Waals surface area contributed by atoms with Crippen LogP contribution in [0.5, 0.6) is 5.75 Å². The maximum atomic E-state index is 12.4. The zero-order valence-corrected chi connectivity index (χ0v) is 14.8. The molecule has 2 aromatic heterocycles. The normalized spacial score (nSPS) is 19.9. The van der Waals surface area contributed by atoms with Crippen LogP contribution in [-0.4, -0.2) is 62.8 Å². The van der Waals surface area contributed by atoms with Crippen LogP contribution in [-0.2, 0) is 11.3 Å². The second kappa shape index (κ2) is 7.72. The van der Waals surface area contributed by atoms with Gasteiger partial charge in [0.05, 0.1) is 13.1 Å². The number of likely N-dealkylation sites (tertiary alicyclic amines) is 1. The van der Waals surface area contributed by atoms with Crippen LogP contribution < -0.4 is 9.64 Å². The molecule has 4 heterocycles. The van der Waals surface area contributed by atoms with Gasteiger partial charge < -0.3 is 14.5 Å². The molecular weight excluding hydrogens is 332 g/mol. The van der Waals surface area contributed by atoms with Crippen LogP contribution in [0.4, 0.5) is 5.82 Å². The van der Waals surface area contributed by atoms with Crippen LogP contribution in [0, 0.1) is 0 Å². The third-order valence-corrected chi connectivity index (χ3v) is 4.97. The summed E-state index contributed by atoms with van der Waals surface area (Å²) in [5.41, 5.74) is 0. The third kappa shape index (κ3) is 3.79. The van der Waals surface area contributed by atoms with Gasteiger partial charge in [0.1, 0.15) is 18.8 Å². The number of anilines is 1. The molecule has 2 aromatic rings. The molecule has 2 aliphatic heterocycles. The molecule has 2 aliphatic rings. The van der Waals surface area contributed by atoms with Gasteiger partial charge in [-0.15, -0.1) is 0 Å². The third-order valence-electron chi connectivity index (χ3n) is 4.97. The number of rotatable bonds is 6. The zero-order valence-electron chi connectivity index (χ0n) is 14.8. The molecule has 2 saturated heterocycles. The summed E-state index contributed by atoms with van der Waals surface area (Å²) in [6.45, 7) is 3.99. The van der Waals surface area contributed by atoms with E-state index in [0.29, 0.717) is 19.5 Å². The highest BCUT2D eigenvalue weighted by Gasteiger charge is 2.28. The Kier molecular flexibility index (Phi) is 4.99. The maximum Gasteiger partial charge on any atom is 0.224 e. The summed E-state index contributed by atoms with van der Waals surface area (Å²) in [5.74, 6) is 1.90. The van der Waals surface area contributed by atoms with Gasteiger partial charge in [-0.3, -0.25) is 9.48 Å². The first-order valence-corrected chi connectivity index (χ1v) is 9.26. The molecular formula is C18H24N6O2. The second-order valence-electron chi connectivity index (χ2n) is 6.80. The fraction of sp³-hybridized carbons (Fsp3) is 0.556. The summed E-state index contributed by atoms with van der Waals surface area (Å²) < 4.78 is 7.90. The number of nitrogens with zero attached hydrogens (tertiary/aromatic N) is 6. The van der Waals surface area contributed by atoms with E-state index in [9.17, 15) is 4.79 Å². The fourth-order valence-electron chi connectivity index (χ4n) is 3.59. The number of aryl methyl sites for hydroxylation is 1. The molecule has 4 rings (SSSR count). The van der Waals surface area contributed by atoms with Crippen molar-refractivity contribution in [2.45, 2.75) is 38.3 Å².